The van der Waals surface area contributed by atoms with Gasteiger partial charge in [0, 0.05) is 44.0 Å². The SMILES string of the molecule is COc1cc(N2C[C@@H](C)N(C)[C@@H](C)C2)ccc1Nc1ncc(Cl)c(Nc2ccccc2N(C)S(C)(=O)=O)n1. The summed E-state index contributed by atoms with van der Waals surface area (Å²) in [6, 6.07) is 13.9. The quantitative estimate of drug-likeness (QED) is 0.411. The van der Waals surface area contributed by atoms with Crippen LogP contribution in [0.15, 0.2) is 48.7 Å². The van der Waals surface area contributed by atoms with Gasteiger partial charge >= 0.3 is 0 Å². The zero-order valence-electron chi connectivity index (χ0n) is 22.4. The summed E-state index contributed by atoms with van der Waals surface area (Å²) >= 11 is 6.39. The van der Waals surface area contributed by atoms with E-state index in [2.05, 4.69) is 57.4 Å². The van der Waals surface area contributed by atoms with Crippen LogP contribution in [0.2, 0.25) is 5.02 Å². The fourth-order valence-electron chi connectivity index (χ4n) is 4.39. The number of piperazine rings is 1. The Morgan fingerprint density at radius 3 is 2.42 bits per heavy atom. The fourth-order valence-corrected chi connectivity index (χ4v) is 5.05. The molecule has 0 amide bonds. The van der Waals surface area contributed by atoms with Crippen LogP contribution in [0.25, 0.3) is 0 Å². The molecular weight excluding hydrogens is 526 g/mol. The molecule has 2 N–H and O–H groups in total. The van der Waals surface area contributed by atoms with Gasteiger partial charge in [-0.3, -0.25) is 9.21 Å². The number of methoxy groups -OCH3 is 1. The second-order valence-electron chi connectivity index (χ2n) is 9.54. The number of benzene rings is 2. The first-order valence-corrected chi connectivity index (χ1v) is 14.4. The summed E-state index contributed by atoms with van der Waals surface area (Å²) in [5, 5.41) is 6.64. The largest absolute Gasteiger partial charge is 0.494 e. The summed E-state index contributed by atoms with van der Waals surface area (Å²) in [7, 11) is 1.82. The molecule has 1 aliphatic rings. The highest BCUT2D eigenvalue weighted by molar-refractivity contribution is 7.92. The molecule has 1 fully saturated rings. The molecule has 1 aromatic heterocycles. The Morgan fingerprint density at radius 2 is 1.76 bits per heavy atom. The van der Waals surface area contributed by atoms with Gasteiger partial charge in [0.15, 0.2) is 5.82 Å². The average Bonchev–Trinajstić information content (AvgIpc) is 2.88. The van der Waals surface area contributed by atoms with E-state index in [1.807, 2.05) is 12.1 Å². The molecule has 38 heavy (non-hydrogen) atoms. The number of hydrogen-bond donors (Lipinski definition) is 2. The van der Waals surface area contributed by atoms with Crippen molar-refractivity contribution in [3.05, 3.63) is 53.7 Å². The van der Waals surface area contributed by atoms with Crippen LogP contribution in [0.4, 0.5) is 34.5 Å². The van der Waals surface area contributed by atoms with Crippen molar-refractivity contribution in [2.45, 2.75) is 25.9 Å². The zero-order valence-corrected chi connectivity index (χ0v) is 24.0. The smallest absolute Gasteiger partial charge is 0.232 e. The fraction of sp³-hybridized carbons (Fsp3) is 0.385. The van der Waals surface area contributed by atoms with Gasteiger partial charge in [-0.25, -0.2) is 13.4 Å². The third kappa shape index (κ3) is 6.06. The highest BCUT2D eigenvalue weighted by Gasteiger charge is 2.27. The Balaban J connectivity index is 1.57. The lowest BCUT2D eigenvalue weighted by atomic mass is 10.1. The van der Waals surface area contributed by atoms with Gasteiger partial charge < -0.3 is 20.3 Å². The topological polar surface area (TPSA) is 103 Å². The molecule has 2 atom stereocenters. The molecule has 2 aromatic carbocycles. The Kier molecular flexibility index (Phi) is 8.19. The van der Waals surface area contributed by atoms with Crippen molar-refractivity contribution < 1.29 is 13.2 Å². The molecule has 0 spiro atoms. The standard InChI is InChI=1S/C26H34ClN7O3S/c1-17-15-34(16-18(2)32(17)3)19-11-12-22(24(13-19)37-5)30-26-28-14-20(27)25(31-26)29-21-9-7-8-10-23(21)33(4)38(6,35)36/h7-14,17-18H,15-16H2,1-6H3,(H2,28,29,30,31)/t17-,18+. The monoisotopic (exact) mass is 559 g/mol. The van der Waals surface area contributed by atoms with Crippen LogP contribution in [0.1, 0.15) is 13.8 Å². The maximum atomic E-state index is 12.1. The number of nitrogens with one attached hydrogen (secondary N) is 2. The predicted molar refractivity (Wildman–Crippen MR) is 155 cm³/mol. The van der Waals surface area contributed by atoms with Gasteiger partial charge in [-0.15, -0.1) is 0 Å². The van der Waals surface area contributed by atoms with Gasteiger partial charge in [0.1, 0.15) is 10.8 Å². The molecular formula is C26H34ClN7O3S. The van der Waals surface area contributed by atoms with Gasteiger partial charge in [-0.2, -0.15) is 4.98 Å². The first-order chi connectivity index (χ1) is 18.0. The molecule has 0 aliphatic carbocycles. The van der Waals surface area contributed by atoms with Gasteiger partial charge in [-0.05, 0) is 45.2 Å². The van der Waals surface area contributed by atoms with E-state index in [4.69, 9.17) is 16.3 Å². The van der Waals surface area contributed by atoms with Gasteiger partial charge in [0.25, 0.3) is 0 Å². The number of anilines is 6. The number of ether oxygens (including phenoxy) is 1. The van der Waals surface area contributed by atoms with Crippen LogP contribution in [0, 0.1) is 0 Å². The minimum atomic E-state index is -3.46. The molecule has 12 heteroatoms. The molecule has 10 nitrogen and oxygen atoms in total. The Labute approximate surface area is 229 Å². The minimum Gasteiger partial charge on any atom is -0.494 e. The minimum absolute atomic E-state index is 0.285. The lowest BCUT2D eigenvalue weighted by molar-refractivity contribution is 0.170. The Bertz CT molecular complexity index is 1390. The van der Waals surface area contributed by atoms with Crippen LogP contribution in [0.3, 0.4) is 0 Å². The van der Waals surface area contributed by atoms with Crippen LogP contribution in [0.5, 0.6) is 5.75 Å². The Morgan fingerprint density at radius 1 is 1.08 bits per heavy atom. The van der Waals surface area contributed by atoms with E-state index >= 15 is 0 Å². The molecule has 0 unspecified atom stereocenters. The van der Waals surface area contributed by atoms with Gasteiger partial charge in [0.05, 0.1) is 36.6 Å². The van der Waals surface area contributed by atoms with Gasteiger partial charge in [-0.1, -0.05) is 23.7 Å². The summed E-state index contributed by atoms with van der Waals surface area (Å²) in [4.78, 5) is 13.6. The van der Waals surface area contributed by atoms with Crippen LogP contribution >= 0.6 is 11.6 Å². The first kappa shape index (κ1) is 27.7. The highest BCUT2D eigenvalue weighted by Crippen LogP contribution is 2.35. The highest BCUT2D eigenvalue weighted by atomic mass is 35.5. The number of aromatic nitrogens is 2. The van der Waals surface area contributed by atoms with E-state index in [1.54, 1.807) is 31.4 Å². The summed E-state index contributed by atoms with van der Waals surface area (Å²) in [5.74, 6) is 1.29. The molecule has 204 valence electrons. The molecule has 3 aromatic rings. The number of para-hydroxylation sites is 2. The van der Waals surface area contributed by atoms with E-state index < -0.39 is 10.0 Å². The molecule has 0 radical (unpaired) electrons. The molecule has 4 rings (SSSR count). The second-order valence-corrected chi connectivity index (χ2v) is 12.0. The van der Waals surface area contributed by atoms with E-state index in [0.29, 0.717) is 46.7 Å². The molecule has 1 saturated heterocycles. The number of sulfonamides is 1. The number of halogens is 1. The maximum absolute atomic E-state index is 12.1. The number of likely N-dealkylation sites (N-methyl/N-ethyl adjacent to an activating group) is 1. The van der Waals surface area contributed by atoms with Crippen LogP contribution < -0.4 is 24.6 Å². The van der Waals surface area contributed by atoms with E-state index in [0.717, 1.165) is 25.0 Å². The van der Waals surface area contributed by atoms with Crippen molar-refractivity contribution in [3.63, 3.8) is 0 Å². The number of hydrogen-bond acceptors (Lipinski definition) is 9. The summed E-state index contributed by atoms with van der Waals surface area (Å²) in [6.07, 6.45) is 2.63. The number of rotatable bonds is 8. The van der Waals surface area contributed by atoms with E-state index in [-0.39, 0.29) is 5.02 Å². The molecule has 0 saturated carbocycles. The van der Waals surface area contributed by atoms with Crippen molar-refractivity contribution in [2.75, 3.05) is 60.4 Å². The second kappa shape index (κ2) is 11.2. The maximum Gasteiger partial charge on any atom is 0.232 e. The summed E-state index contributed by atoms with van der Waals surface area (Å²) in [6.45, 7) is 6.33. The number of nitrogens with zero attached hydrogens (tertiary/aromatic N) is 5. The van der Waals surface area contributed by atoms with Crippen LogP contribution in [-0.4, -0.2) is 75.9 Å². The van der Waals surface area contributed by atoms with E-state index in [9.17, 15) is 8.42 Å². The molecule has 0 bridgehead atoms. The van der Waals surface area contributed by atoms with Crippen molar-refractivity contribution >= 4 is 56.1 Å². The normalized spacial score (nSPS) is 18.2. The summed E-state index contributed by atoms with van der Waals surface area (Å²) in [5.41, 5.74) is 2.79. The Hall–Kier alpha value is -3.28. The summed E-state index contributed by atoms with van der Waals surface area (Å²) < 4.78 is 31.1. The van der Waals surface area contributed by atoms with Crippen molar-refractivity contribution in [3.8, 4) is 5.75 Å². The average molecular weight is 560 g/mol. The predicted octanol–water partition coefficient (Wildman–Crippen LogP) is 4.55. The third-order valence-corrected chi connectivity index (χ3v) is 8.36. The van der Waals surface area contributed by atoms with Crippen LogP contribution in [-0.2, 0) is 10.0 Å². The lowest BCUT2D eigenvalue weighted by Crippen LogP contribution is -2.55. The third-order valence-electron chi connectivity index (χ3n) is 6.89. The lowest BCUT2D eigenvalue weighted by Gasteiger charge is -2.43. The van der Waals surface area contributed by atoms with Gasteiger partial charge in [0.2, 0.25) is 16.0 Å². The van der Waals surface area contributed by atoms with Crippen molar-refractivity contribution in [2.24, 2.45) is 0 Å². The molecule has 2 heterocycles. The molecule has 1 aliphatic heterocycles. The zero-order chi connectivity index (χ0) is 27.6. The first-order valence-electron chi connectivity index (χ1n) is 12.2. The van der Waals surface area contributed by atoms with Crippen molar-refractivity contribution in [1.29, 1.82) is 0 Å². The van der Waals surface area contributed by atoms with Crippen molar-refractivity contribution in [1.82, 2.24) is 14.9 Å². The van der Waals surface area contributed by atoms with E-state index in [1.165, 1.54) is 17.5 Å².